The number of nitrogens with zero attached hydrogens (tertiary/aromatic N) is 4. The summed E-state index contributed by atoms with van der Waals surface area (Å²) >= 11 is 2.97. The maximum Gasteiger partial charge on any atom is 0.261 e. The monoisotopic (exact) mass is 421 g/mol. The van der Waals surface area contributed by atoms with Crippen LogP contribution in [-0.2, 0) is 5.75 Å². The minimum atomic E-state index is -0.224. The van der Waals surface area contributed by atoms with Crippen LogP contribution < -0.4 is 5.32 Å². The maximum absolute atomic E-state index is 12.9. The molecule has 2 aromatic heterocycles. The largest absolute Gasteiger partial charge is 0.296 e. The number of carbonyl (C=O) groups excluding carboxylic acids is 1. The zero-order chi connectivity index (χ0) is 20.2. The second kappa shape index (κ2) is 8.59. The zero-order valence-corrected chi connectivity index (χ0v) is 17.6. The molecule has 146 valence electrons. The van der Waals surface area contributed by atoms with E-state index in [1.165, 1.54) is 16.9 Å². The number of benzene rings is 2. The molecule has 4 rings (SSSR count). The van der Waals surface area contributed by atoms with E-state index in [9.17, 15) is 4.79 Å². The summed E-state index contributed by atoms with van der Waals surface area (Å²) in [6, 6.07) is 19.9. The van der Waals surface area contributed by atoms with Crippen molar-refractivity contribution in [2.45, 2.75) is 23.9 Å². The SMILES string of the molecule is Cc1nn(-c2ccccc2)c(C)c1C(=O)Nc1nnc(SCc2ccccc2)s1. The molecule has 1 amide bonds. The second-order valence-electron chi connectivity index (χ2n) is 6.39. The van der Waals surface area contributed by atoms with Crippen molar-refractivity contribution >= 4 is 34.1 Å². The molecule has 0 atom stereocenters. The number of nitrogens with one attached hydrogen (secondary N) is 1. The molecule has 29 heavy (non-hydrogen) atoms. The number of anilines is 1. The number of carbonyl (C=O) groups is 1. The lowest BCUT2D eigenvalue weighted by atomic mass is 10.2. The standard InChI is InChI=1S/C21H19N5OS2/c1-14-18(15(2)26(25-14)17-11-7-4-8-12-17)19(27)22-20-23-24-21(29-20)28-13-16-9-5-3-6-10-16/h3-12H,13H2,1-2H3,(H,22,23,27). The molecule has 2 heterocycles. The molecule has 0 radical (unpaired) electrons. The van der Waals surface area contributed by atoms with Crippen molar-refractivity contribution in [2.75, 3.05) is 5.32 Å². The number of thioether (sulfide) groups is 1. The van der Waals surface area contributed by atoms with Gasteiger partial charge in [0.25, 0.3) is 5.91 Å². The Labute approximate surface area is 177 Å². The van der Waals surface area contributed by atoms with E-state index in [1.807, 2.05) is 62.4 Å². The second-order valence-corrected chi connectivity index (χ2v) is 8.59. The molecular formula is C21H19N5OS2. The van der Waals surface area contributed by atoms with Gasteiger partial charge in [0.2, 0.25) is 5.13 Å². The Hall–Kier alpha value is -2.97. The van der Waals surface area contributed by atoms with Crippen LogP contribution in [0.2, 0.25) is 0 Å². The van der Waals surface area contributed by atoms with Gasteiger partial charge in [-0.1, -0.05) is 71.6 Å². The number of amides is 1. The highest BCUT2D eigenvalue weighted by Gasteiger charge is 2.20. The van der Waals surface area contributed by atoms with E-state index in [0.29, 0.717) is 16.4 Å². The average molecular weight is 422 g/mol. The number of rotatable bonds is 6. The van der Waals surface area contributed by atoms with Crippen LogP contribution in [0.25, 0.3) is 5.69 Å². The lowest BCUT2D eigenvalue weighted by Gasteiger charge is -2.05. The van der Waals surface area contributed by atoms with Gasteiger partial charge in [0.05, 0.1) is 22.6 Å². The quantitative estimate of drug-likeness (QED) is 0.355. The van der Waals surface area contributed by atoms with Gasteiger partial charge in [-0.15, -0.1) is 10.2 Å². The molecule has 0 saturated heterocycles. The van der Waals surface area contributed by atoms with E-state index in [1.54, 1.807) is 16.4 Å². The molecule has 0 aliphatic rings. The normalized spacial score (nSPS) is 10.8. The van der Waals surface area contributed by atoms with Crippen LogP contribution in [0.4, 0.5) is 5.13 Å². The predicted molar refractivity (Wildman–Crippen MR) is 117 cm³/mol. The minimum Gasteiger partial charge on any atom is -0.296 e. The lowest BCUT2D eigenvalue weighted by Crippen LogP contribution is -2.14. The molecule has 1 N–H and O–H groups in total. The van der Waals surface area contributed by atoms with E-state index in [2.05, 4.69) is 32.7 Å². The minimum absolute atomic E-state index is 0.224. The highest BCUT2D eigenvalue weighted by Crippen LogP contribution is 2.29. The highest BCUT2D eigenvalue weighted by atomic mass is 32.2. The molecule has 4 aromatic rings. The van der Waals surface area contributed by atoms with Crippen LogP contribution in [0.5, 0.6) is 0 Å². The van der Waals surface area contributed by atoms with Crippen molar-refractivity contribution in [3.8, 4) is 5.69 Å². The van der Waals surface area contributed by atoms with E-state index >= 15 is 0 Å². The Kier molecular flexibility index (Phi) is 5.73. The van der Waals surface area contributed by atoms with Crippen LogP contribution >= 0.6 is 23.1 Å². The Bertz CT molecular complexity index is 1120. The topological polar surface area (TPSA) is 72.7 Å². The van der Waals surface area contributed by atoms with Crippen LogP contribution in [0.15, 0.2) is 65.0 Å². The summed E-state index contributed by atoms with van der Waals surface area (Å²) < 4.78 is 2.60. The smallest absolute Gasteiger partial charge is 0.261 e. The summed E-state index contributed by atoms with van der Waals surface area (Å²) in [5, 5.41) is 16.2. The number of hydrogen-bond donors (Lipinski definition) is 1. The summed E-state index contributed by atoms with van der Waals surface area (Å²) in [4.78, 5) is 12.9. The predicted octanol–water partition coefficient (Wildman–Crippen LogP) is 4.89. The van der Waals surface area contributed by atoms with Gasteiger partial charge in [0.15, 0.2) is 4.34 Å². The van der Waals surface area contributed by atoms with Crippen molar-refractivity contribution in [3.63, 3.8) is 0 Å². The third-order valence-electron chi connectivity index (χ3n) is 4.35. The van der Waals surface area contributed by atoms with Gasteiger partial charge >= 0.3 is 0 Å². The molecule has 0 aliphatic carbocycles. The highest BCUT2D eigenvalue weighted by molar-refractivity contribution is 8.00. The van der Waals surface area contributed by atoms with Gasteiger partial charge in [-0.05, 0) is 31.5 Å². The van der Waals surface area contributed by atoms with E-state index in [0.717, 1.165) is 21.5 Å². The van der Waals surface area contributed by atoms with Crippen molar-refractivity contribution in [2.24, 2.45) is 0 Å². The van der Waals surface area contributed by atoms with Gasteiger partial charge in [0, 0.05) is 5.75 Å². The van der Waals surface area contributed by atoms with Gasteiger partial charge in [-0.2, -0.15) is 5.10 Å². The first kappa shape index (κ1) is 19.4. The van der Waals surface area contributed by atoms with Gasteiger partial charge in [-0.3, -0.25) is 10.1 Å². The molecule has 0 spiro atoms. The Morgan fingerprint density at radius 1 is 1.03 bits per heavy atom. The summed E-state index contributed by atoms with van der Waals surface area (Å²) in [5.74, 6) is 0.587. The first-order chi connectivity index (χ1) is 14.1. The summed E-state index contributed by atoms with van der Waals surface area (Å²) in [5.41, 5.74) is 4.16. The number of aromatic nitrogens is 4. The Morgan fingerprint density at radius 2 is 1.72 bits per heavy atom. The van der Waals surface area contributed by atoms with Gasteiger partial charge in [-0.25, -0.2) is 4.68 Å². The van der Waals surface area contributed by atoms with Gasteiger partial charge in [0.1, 0.15) is 0 Å². The molecular weight excluding hydrogens is 402 g/mol. The zero-order valence-electron chi connectivity index (χ0n) is 16.0. The molecule has 0 unspecified atom stereocenters. The fourth-order valence-corrected chi connectivity index (χ4v) is 4.69. The number of hydrogen-bond acceptors (Lipinski definition) is 6. The first-order valence-corrected chi connectivity index (χ1v) is 10.9. The van der Waals surface area contributed by atoms with Crippen molar-refractivity contribution < 1.29 is 4.79 Å². The van der Waals surface area contributed by atoms with Crippen molar-refractivity contribution in [3.05, 3.63) is 83.2 Å². The van der Waals surface area contributed by atoms with Crippen LogP contribution in [0.3, 0.4) is 0 Å². The lowest BCUT2D eigenvalue weighted by molar-refractivity contribution is 0.102. The first-order valence-electron chi connectivity index (χ1n) is 9.05. The van der Waals surface area contributed by atoms with E-state index in [-0.39, 0.29) is 5.91 Å². The van der Waals surface area contributed by atoms with E-state index in [4.69, 9.17) is 0 Å². The summed E-state index contributed by atoms with van der Waals surface area (Å²) in [7, 11) is 0. The van der Waals surface area contributed by atoms with E-state index < -0.39 is 0 Å². The molecule has 2 aromatic carbocycles. The Balaban J connectivity index is 1.46. The molecule has 0 bridgehead atoms. The summed E-state index contributed by atoms with van der Waals surface area (Å²) in [6.45, 7) is 3.73. The fourth-order valence-electron chi connectivity index (χ4n) is 2.99. The number of aryl methyl sites for hydroxylation is 1. The number of para-hydroxylation sites is 1. The average Bonchev–Trinajstić information content (AvgIpc) is 3.31. The maximum atomic E-state index is 12.9. The summed E-state index contributed by atoms with van der Waals surface area (Å²) in [6.07, 6.45) is 0. The molecule has 8 heteroatoms. The molecule has 0 aliphatic heterocycles. The Morgan fingerprint density at radius 3 is 2.45 bits per heavy atom. The van der Waals surface area contributed by atoms with Crippen LogP contribution in [-0.4, -0.2) is 25.9 Å². The third kappa shape index (κ3) is 4.38. The molecule has 6 nitrogen and oxygen atoms in total. The van der Waals surface area contributed by atoms with Crippen molar-refractivity contribution in [1.29, 1.82) is 0 Å². The molecule has 0 fully saturated rings. The van der Waals surface area contributed by atoms with Crippen LogP contribution in [0, 0.1) is 13.8 Å². The molecule has 0 saturated carbocycles. The fraction of sp³-hybridized carbons (Fsp3) is 0.143. The third-order valence-corrected chi connectivity index (χ3v) is 6.39. The van der Waals surface area contributed by atoms with Crippen molar-refractivity contribution in [1.82, 2.24) is 20.0 Å². The van der Waals surface area contributed by atoms with Gasteiger partial charge < -0.3 is 0 Å². The van der Waals surface area contributed by atoms with Crippen LogP contribution in [0.1, 0.15) is 27.3 Å².